The number of rotatable bonds is 6. The van der Waals surface area contributed by atoms with Crippen LogP contribution in [-0.4, -0.2) is 28.4 Å². The van der Waals surface area contributed by atoms with Gasteiger partial charge in [-0.15, -0.1) is 0 Å². The lowest BCUT2D eigenvalue weighted by molar-refractivity contribution is -0.138. The minimum Gasteiger partial charge on any atom is -0.481 e. The van der Waals surface area contributed by atoms with E-state index in [2.05, 4.69) is 0 Å². The monoisotopic (exact) mass is 497 g/mol. The number of carboxylic acids is 1. The molecule has 1 aliphatic heterocycles. The van der Waals surface area contributed by atoms with E-state index >= 15 is 0 Å². The zero-order valence-electron chi connectivity index (χ0n) is 20.0. The second-order valence-electron chi connectivity index (χ2n) is 8.97. The average molecular weight is 498 g/mol. The van der Waals surface area contributed by atoms with Gasteiger partial charge in [-0.2, -0.15) is 13.2 Å². The quantitative estimate of drug-likeness (QED) is 0.432. The third kappa shape index (κ3) is 5.53. The van der Waals surface area contributed by atoms with Crippen LogP contribution < -0.4 is 4.74 Å². The molecule has 1 aliphatic rings. The molecule has 0 spiro atoms. The van der Waals surface area contributed by atoms with Gasteiger partial charge in [0.05, 0.1) is 5.56 Å². The number of benzene rings is 3. The van der Waals surface area contributed by atoms with E-state index in [1.807, 2.05) is 19.1 Å². The summed E-state index contributed by atoms with van der Waals surface area (Å²) in [6.07, 6.45) is -3.56. The Hall–Kier alpha value is -3.81. The van der Waals surface area contributed by atoms with Crippen LogP contribution >= 0.6 is 0 Å². The van der Waals surface area contributed by atoms with Crippen molar-refractivity contribution >= 4 is 11.9 Å². The normalized spacial score (nSPS) is 13.3. The van der Waals surface area contributed by atoms with E-state index < -0.39 is 17.7 Å². The maximum absolute atomic E-state index is 13.3. The molecule has 1 amide bonds. The highest BCUT2D eigenvalue weighted by Gasteiger charge is 2.32. The van der Waals surface area contributed by atoms with Crippen molar-refractivity contribution in [2.75, 3.05) is 6.54 Å². The van der Waals surface area contributed by atoms with Gasteiger partial charge in [-0.25, -0.2) is 0 Å². The van der Waals surface area contributed by atoms with Crippen molar-refractivity contribution in [3.05, 3.63) is 93.5 Å². The fourth-order valence-corrected chi connectivity index (χ4v) is 4.41. The molecule has 0 bridgehead atoms. The van der Waals surface area contributed by atoms with Crippen LogP contribution in [0, 0.1) is 13.8 Å². The molecule has 0 unspecified atom stereocenters. The second kappa shape index (κ2) is 10.0. The van der Waals surface area contributed by atoms with E-state index in [4.69, 9.17) is 9.84 Å². The highest BCUT2D eigenvalue weighted by Crippen LogP contribution is 2.33. The summed E-state index contributed by atoms with van der Waals surface area (Å²) in [7, 11) is 0. The minimum atomic E-state index is -4.39. The summed E-state index contributed by atoms with van der Waals surface area (Å²) in [5.74, 6) is 0.0381. The van der Waals surface area contributed by atoms with Gasteiger partial charge in [-0.1, -0.05) is 18.2 Å². The van der Waals surface area contributed by atoms with Gasteiger partial charge >= 0.3 is 12.1 Å². The summed E-state index contributed by atoms with van der Waals surface area (Å²) in [6, 6.07) is 14.3. The van der Waals surface area contributed by atoms with E-state index in [1.165, 1.54) is 12.1 Å². The average Bonchev–Trinajstić information content (AvgIpc) is 2.83. The van der Waals surface area contributed by atoms with Crippen LogP contribution in [0.15, 0.2) is 54.6 Å². The number of carbonyl (C=O) groups excluding carboxylic acids is 1. The fraction of sp³-hybridized carbons (Fsp3) is 0.286. The Labute approximate surface area is 207 Å². The third-order valence-electron chi connectivity index (χ3n) is 6.50. The van der Waals surface area contributed by atoms with Crippen LogP contribution in [-0.2, 0) is 30.4 Å². The smallest absolute Gasteiger partial charge is 0.416 e. The Morgan fingerprint density at radius 2 is 1.81 bits per heavy atom. The first kappa shape index (κ1) is 25.3. The molecule has 0 aromatic heterocycles. The predicted molar refractivity (Wildman–Crippen MR) is 128 cm³/mol. The number of carboxylic acid groups (broad SMARTS) is 1. The first-order chi connectivity index (χ1) is 17.0. The predicted octanol–water partition coefficient (Wildman–Crippen LogP) is 6.33. The molecular weight excluding hydrogens is 471 g/mol. The van der Waals surface area contributed by atoms with Gasteiger partial charge in [0.2, 0.25) is 0 Å². The van der Waals surface area contributed by atoms with Gasteiger partial charge in [0.25, 0.3) is 5.91 Å². The number of ether oxygens (including phenoxy) is 1. The van der Waals surface area contributed by atoms with Gasteiger partial charge in [0.15, 0.2) is 0 Å². The Bertz CT molecular complexity index is 1320. The van der Waals surface area contributed by atoms with Crippen molar-refractivity contribution < 1.29 is 32.6 Å². The van der Waals surface area contributed by atoms with Crippen molar-refractivity contribution in [3.63, 3.8) is 0 Å². The first-order valence-electron chi connectivity index (χ1n) is 11.6. The van der Waals surface area contributed by atoms with E-state index in [9.17, 15) is 22.8 Å². The topological polar surface area (TPSA) is 66.8 Å². The minimum absolute atomic E-state index is 0.0504. The Morgan fingerprint density at radius 3 is 2.50 bits per heavy atom. The number of amides is 1. The molecule has 3 aromatic carbocycles. The lowest BCUT2D eigenvalue weighted by atomic mass is 9.96. The molecule has 0 saturated carbocycles. The summed E-state index contributed by atoms with van der Waals surface area (Å²) < 4.78 is 45.1. The SMILES string of the molecule is Cc1cc(Oc2cccc(C(=O)N3CCc4cc(C(F)(F)F)ccc4C3)c2C)ccc1CCC(=O)O. The number of halogens is 3. The fourth-order valence-electron chi connectivity index (χ4n) is 4.41. The van der Waals surface area contributed by atoms with E-state index in [-0.39, 0.29) is 18.9 Å². The largest absolute Gasteiger partial charge is 0.481 e. The summed E-state index contributed by atoms with van der Waals surface area (Å²) >= 11 is 0. The van der Waals surface area contributed by atoms with E-state index in [0.717, 1.165) is 17.2 Å². The van der Waals surface area contributed by atoms with Gasteiger partial charge in [0, 0.05) is 30.6 Å². The van der Waals surface area contributed by atoms with Gasteiger partial charge in [-0.05, 0) is 85.3 Å². The highest BCUT2D eigenvalue weighted by atomic mass is 19.4. The van der Waals surface area contributed by atoms with Crippen molar-refractivity contribution in [3.8, 4) is 11.5 Å². The van der Waals surface area contributed by atoms with Crippen molar-refractivity contribution in [1.29, 1.82) is 0 Å². The summed E-state index contributed by atoms with van der Waals surface area (Å²) in [4.78, 5) is 25.8. The molecule has 1 N–H and O–H groups in total. The highest BCUT2D eigenvalue weighted by molar-refractivity contribution is 5.96. The standard InChI is InChI=1S/C28H26F3NO4/c1-17-14-23(10-7-19(17)8-11-26(33)34)36-25-5-3-4-24(18(25)2)27(35)32-13-12-20-15-22(28(29,30)31)9-6-21(20)16-32/h3-7,9-10,14-15H,8,11-13,16H2,1-2H3,(H,33,34). The van der Waals surface area contributed by atoms with Crippen LogP contribution in [0.25, 0.3) is 0 Å². The molecule has 4 rings (SSSR count). The van der Waals surface area contributed by atoms with Crippen LogP contribution in [0.2, 0.25) is 0 Å². The van der Waals surface area contributed by atoms with Crippen LogP contribution in [0.5, 0.6) is 11.5 Å². The summed E-state index contributed by atoms with van der Waals surface area (Å²) in [5, 5.41) is 8.90. The lowest BCUT2D eigenvalue weighted by Gasteiger charge is -2.30. The number of nitrogens with zero attached hydrogens (tertiary/aromatic N) is 1. The summed E-state index contributed by atoms with van der Waals surface area (Å²) in [5.41, 5.74) is 3.63. The third-order valence-corrected chi connectivity index (χ3v) is 6.50. The second-order valence-corrected chi connectivity index (χ2v) is 8.97. The Kier molecular flexibility index (Phi) is 7.06. The lowest BCUT2D eigenvalue weighted by Crippen LogP contribution is -2.36. The molecule has 1 heterocycles. The number of carbonyl (C=O) groups is 2. The van der Waals surface area contributed by atoms with Crippen LogP contribution in [0.4, 0.5) is 13.2 Å². The van der Waals surface area contributed by atoms with E-state index in [1.54, 1.807) is 36.1 Å². The first-order valence-corrected chi connectivity index (χ1v) is 11.6. The Balaban J connectivity index is 1.50. The zero-order chi connectivity index (χ0) is 26.0. The number of alkyl halides is 3. The molecule has 188 valence electrons. The zero-order valence-corrected chi connectivity index (χ0v) is 20.0. The van der Waals surface area contributed by atoms with Crippen molar-refractivity contribution in [2.45, 2.75) is 45.8 Å². The van der Waals surface area contributed by atoms with Gasteiger partial charge in [-0.3, -0.25) is 9.59 Å². The molecule has 0 saturated heterocycles. The molecule has 0 atom stereocenters. The maximum Gasteiger partial charge on any atom is 0.416 e. The molecule has 36 heavy (non-hydrogen) atoms. The van der Waals surface area contributed by atoms with E-state index in [0.29, 0.717) is 53.1 Å². The van der Waals surface area contributed by atoms with Crippen molar-refractivity contribution in [2.24, 2.45) is 0 Å². The van der Waals surface area contributed by atoms with Gasteiger partial charge in [0.1, 0.15) is 11.5 Å². The molecular formula is C28H26F3NO4. The Morgan fingerprint density at radius 1 is 1.03 bits per heavy atom. The molecule has 5 nitrogen and oxygen atoms in total. The summed E-state index contributed by atoms with van der Waals surface area (Å²) in [6.45, 7) is 4.26. The number of aryl methyl sites for hydroxylation is 2. The molecule has 3 aromatic rings. The number of aliphatic carboxylic acids is 1. The maximum atomic E-state index is 13.3. The van der Waals surface area contributed by atoms with Crippen molar-refractivity contribution in [1.82, 2.24) is 4.90 Å². The molecule has 8 heteroatoms. The van der Waals surface area contributed by atoms with Crippen LogP contribution in [0.1, 0.15) is 50.2 Å². The van der Waals surface area contributed by atoms with Gasteiger partial charge < -0.3 is 14.7 Å². The molecule has 0 radical (unpaired) electrons. The number of fused-ring (bicyclic) bond motifs is 1. The number of hydrogen-bond acceptors (Lipinski definition) is 3. The number of hydrogen-bond donors (Lipinski definition) is 1. The molecule has 0 fully saturated rings. The van der Waals surface area contributed by atoms with Crippen LogP contribution in [0.3, 0.4) is 0 Å². The molecule has 0 aliphatic carbocycles.